The van der Waals surface area contributed by atoms with E-state index in [1.807, 2.05) is 73.1 Å². The first kappa shape index (κ1) is 21.4. The molecule has 174 valence electrons. The Balaban J connectivity index is 1.62. The van der Waals surface area contributed by atoms with Gasteiger partial charge in [0.15, 0.2) is 0 Å². The summed E-state index contributed by atoms with van der Waals surface area (Å²) in [6.07, 6.45) is 6.43. The van der Waals surface area contributed by atoms with Gasteiger partial charge in [-0.15, -0.1) is 4.98 Å². The van der Waals surface area contributed by atoms with Crippen LogP contribution in [0.1, 0.15) is 30.7 Å². The molecule has 0 bridgehead atoms. The number of aryl methyl sites for hydroxylation is 1. The van der Waals surface area contributed by atoms with Crippen molar-refractivity contribution < 1.29 is 8.98 Å². The number of hydrogen-bond acceptors (Lipinski definition) is 5. The molecule has 0 amide bonds. The molecule has 1 saturated carbocycles. The Kier molecular flexibility index (Phi) is 4.89. The minimum absolute atomic E-state index is 0.102. The Labute approximate surface area is 202 Å². The average Bonchev–Trinajstić information content (AvgIpc) is 3.20. The van der Waals surface area contributed by atoms with E-state index >= 15 is 0 Å². The van der Waals surface area contributed by atoms with Crippen molar-refractivity contribution in [3.63, 3.8) is 0 Å². The van der Waals surface area contributed by atoms with Crippen molar-refractivity contribution in [1.82, 2.24) is 14.8 Å². The molecule has 0 atom stereocenters. The van der Waals surface area contributed by atoms with Crippen molar-refractivity contribution in [2.45, 2.75) is 31.7 Å². The van der Waals surface area contributed by atoms with Gasteiger partial charge in [0.25, 0.3) is 5.82 Å². The largest absolute Gasteiger partial charge is 0.449 e. The summed E-state index contributed by atoms with van der Waals surface area (Å²) in [6, 6.07) is 19.5. The molecular formula is C28H26N5O2+. The average molecular weight is 465 g/mol. The maximum absolute atomic E-state index is 14.0. The maximum Gasteiger partial charge on any atom is 0.281 e. The van der Waals surface area contributed by atoms with Gasteiger partial charge in [0.1, 0.15) is 5.76 Å². The highest BCUT2D eigenvalue weighted by molar-refractivity contribution is 5.91. The summed E-state index contributed by atoms with van der Waals surface area (Å²) >= 11 is 0. The third-order valence-electron chi connectivity index (χ3n) is 7.20. The lowest BCUT2D eigenvalue weighted by atomic mass is 9.72. The number of hydrogen-bond donors (Lipinski definition) is 1. The monoisotopic (exact) mass is 464 g/mol. The summed E-state index contributed by atoms with van der Waals surface area (Å²) < 4.78 is 10.1. The Morgan fingerprint density at radius 2 is 1.77 bits per heavy atom. The number of rotatable bonds is 4. The van der Waals surface area contributed by atoms with Crippen LogP contribution in [0.25, 0.3) is 39.2 Å². The van der Waals surface area contributed by atoms with Crippen LogP contribution in [0.3, 0.4) is 0 Å². The van der Waals surface area contributed by atoms with E-state index < -0.39 is 0 Å². The zero-order chi connectivity index (χ0) is 24.2. The Morgan fingerprint density at radius 1 is 1.03 bits per heavy atom. The smallest absolute Gasteiger partial charge is 0.281 e. The normalized spacial score (nSPS) is 14.7. The minimum Gasteiger partial charge on any atom is -0.449 e. The number of aromatic nitrogens is 4. The highest BCUT2D eigenvalue weighted by Gasteiger charge is 2.34. The van der Waals surface area contributed by atoms with E-state index in [0.717, 1.165) is 41.8 Å². The first-order valence-electron chi connectivity index (χ1n) is 11.8. The molecule has 1 aliphatic carbocycles. The molecule has 0 radical (unpaired) electrons. The maximum atomic E-state index is 14.0. The van der Waals surface area contributed by atoms with Gasteiger partial charge < -0.3 is 10.2 Å². The molecule has 7 nitrogen and oxygen atoms in total. The fraction of sp³-hybridized carbons (Fsp3) is 0.214. The van der Waals surface area contributed by atoms with Crippen molar-refractivity contribution in [1.29, 1.82) is 0 Å². The van der Waals surface area contributed by atoms with Crippen LogP contribution >= 0.6 is 0 Å². The van der Waals surface area contributed by atoms with Crippen LogP contribution in [0.15, 0.2) is 82.4 Å². The lowest BCUT2D eigenvalue weighted by Crippen LogP contribution is -2.43. The molecule has 1 fully saturated rings. The van der Waals surface area contributed by atoms with E-state index in [9.17, 15) is 4.79 Å². The lowest BCUT2D eigenvalue weighted by molar-refractivity contribution is -0.606. The lowest BCUT2D eigenvalue weighted by Gasteiger charge is -2.38. The molecule has 2 N–H and O–H groups in total. The van der Waals surface area contributed by atoms with Crippen LogP contribution in [-0.2, 0) is 12.6 Å². The van der Waals surface area contributed by atoms with Gasteiger partial charge in [-0.25, -0.2) is 0 Å². The van der Waals surface area contributed by atoms with Crippen LogP contribution in [0, 0.1) is 6.92 Å². The summed E-state index contributed by atoms with van der Waals surface area (Å²) in [6.45, 7) is 1.94. The van der Waals surface area contributed by atoms with Gasteiger partial charge in [0.05, 0.1) is 24.2 Å². The fourth-order valence-electron chi connectivity index (χ4n) is 4.81. The summed E-state index contributed by atoms with van der Waals surface area (Å²) in [7, 11) is 1.86. The van der Waals surface area contributed by atoms with Crippen molar-refractivity contribution in [2.75, 3.05) is 0 Å². The van der Waals surface area contributed by atoms with E-state index in [2.05, 4.69) is 10.1 Å². The molecule has 0 unspecified atom stereocenters. The Morgan fingerprint density at radius 3 is 2.40 bits per heavy atom. The molecule has 1 aliphatic rings. The number of nitrogens with two attached hydrogens (primary N) is 1. The van der Waals surface area contributed by atoms with Crippen molar-refractivity contribution >= 4 is 11.0 Å². The second-order valence-electron chi connectivity index (χ2n) is 9.27. The number of nitrogens with zero attached hydrogens (tertiary/aromatic N) is 4. The standard InChI is InChI=1S/C28H26N5O2/c1-18-32(2)31-17-33(18)27-26-22(13-16-30-27)24(34)23(25(35-26)20-7-4-3-5-8-20)19-9-11-21(12-10-19)28(29)14-6-15-28/h3-5,7-13,16-17H,6,14-15,29H2,1-2H3/q+1. The second kappa shape index (κ2) is 7.99. The zero-order valence-corrected chi connectivity index (χ0v) is 19.7. The van der Waals surface area contributed by atoms with E-state index in [1.165, 1.54) is 0 Å². The topological polar surface area (TPSA) is 90.8 Å². The summed E-state index contributed by atoms with van der Waals surface area (Å²) in [5.74, 6) is 1.90. The number of fused-ring (bicyclic) bond motifs is 1. The molecule has 35 heavy (non-hydrogen) atoms. The molecule has 5 aromatic rings. The molecule has 0 aliphatic heterocycles. The van der Waals surface area contributed by atoms with Crippen LogP contribution in [0.4, 0.5) is 0 Å². The predicted molar refractivity (Wildman–Crippen MR) is 134 cm³/mol. The fourth-order valence-corrected chi connectivity index (χ4v) is 4.81. The first-order chi connectivity index (χ1) is 17.0. The predicted octanol–water partition coefficient (Wildman–Crippen LogP) is 4.18. The van der Waals surface area contributed by atoms with Crippen LogP contribution in [0.5, 0.6) is 0 Å². The van der Waals surface area contributed by atoms with Gasteiger partial charge in [-0.1, -0.05) is 54.6 Å². The molecular weight excluding hydrogens is 438 g/mol. The molecule has 6 rings (SSSR count). The van der Waals surface area contributed by atoms with Crippen molar-refractivity contribution in [3.8, 4) is 28.3 Å². The number of benzene rings is 2. The van der Waals surface area contributed by atoms with Crippen LogP contribution in [0.2, 0.25) is 0 Å². The SMILES string of the molecule is Cc1n(C)nc[n+]1-c1nccc2c(=O)c(-c3ccc(C4(N)CCC4)cc3)c(-c3ccccc3)oc12. The van der Waals surface area contributed by atoms with Gasteiger partial charge in [0.2, 0.25) is 23.2 Å². The molecule has 0 saturated heterocycles. The van der Waals surface area contributed by atoms with Crippen molar-refractivity contribution in [2.24, 2.45) is 12.8 Å². The molecule has 3 aromatic heterocycles. The summed E-state index contributed by atoms with van der Waals surface area (Å²) in [5.41, 5.74) is 9.85. The molecule has 2 aromatic carbocycles. The van der Waals surface area contributed by atoms with E-state index in [1.54, 1.807) is 23.3 Å². The van der Waals surface area contributed by atoms with Crippen molar-refractivity contribution in [3.05, 3.63) is 94.8 Å². The van der Waals surface area contributed by atoms with Gasteiger partial charge in [-0.05, 0) is 41.6 Å². The highest BCUT2D eigenvalue weighted by Crippen LogP contribution is 2.40. The van der Waals surface area contributed by atoms with E-state index in [4.69, 9.17) is 10.2 Å². The van der Waals surface area contributed by atoms with Crippen LogP contribution in [-0.4, -0.2) is 14.8 Å². The van der Waals surface area contributed by atoms with Gasteiger partial charge in [0, 0.05) is 18.0 Å². The van der Waals surface area contributed by atoms with Gasteiger partial charge >= 0.3 is 0 Å². The third kappa shape index (κ3) is 3.39. The van der Waals surface area contributed by atoms with E-state index in [-0.39, 0.29) is 11.0 Å². The zero-order valence-electron chi connectivity index (χ0n) is 19.7. The summed E-state index contributed by atoms with van der Waals surface area (Å²) in [5, 5.41) is 4.79. The number of pyridine rings is 1. The van der Waals surface area contributed by atoms with Crippen LogP contribution < -0.4 is 15.7 Å². The Hall–Kier alpha value is -4.10. The minimum atomic E-state index is -0.256. The quantitative estimate of drug-likeness (QED) is 0.403. The summed E-state index contributed by atoms with van der Waals surface area (Å²) in [4.78, 5) is 18.6. The highest BCUT2D eigenvalue weighted by atomic mass is 16.3. The molecule has 7 heteroatoms. The third-order valence-corrected chi connectivity index (χ3v) is 7.20. The molecule has 0 spiro atoms. The molecule has 3 heterocycles. The Bertz CT molecular complexity index is 1610. The first-order valence-corrected chi connectivity index (χ1v) is 11.8. The second-order valence-corrected chi connectivity index (χ2v) is 9.27. The van der Waals surface area contributed by atoms with Gasteiger partial charge in [-0.3, -0.25) is 4.79 Å². The van der Waals surface area contributed by atoms with E-state index in [0.29, 0.717) is 28.1 Å². The van der Waals surface area contributed by atoms with Gasteiger partial charge in [-0.2, -0.15) is 9.25 Å².